The van der Waals surface area contributed by atoms with Crippen molar-refractivity contribution >= 4 is 36.0 Å². The third kappa shape index (κ3) is 3.89. The van der Waals surface area contributed by atoms with Gasteiger partial charge in [-0.2, -0.15) is 0 Å². The van der Waals surface area contributed by atoms with Crippen LogP contribution < -0.4 is 0 Å². The van der Waals surface area contributed by atoms with Crippen molar-refractivity contribution in [3.8, 4) is 0 Å². The number of thioether (sulfide) groups is 2. The van der Waals surface area contributed by atoms with Crippen LogP contribution in [0, 0.1) is 20.2 Å². The lowest BCUT2D eigenvalue weighted by atomic mass is 10.2. The topological polar surface area (TPSA) is 111 Å². The van der Waals surface area contributed by atoms with E-state index in [1.54, 1.807) is 23.0 Å². The standard InChI is InChI=1S/C11H8N4O4S2/c16-14(17)8(10-12-3-1-5-20-10)7-9(15(18)19)11-13-4-2-6-21-11/h1-6H,7H2. The Labute approximate surface area is 127 Å². The lowest BCUT2D eigenvalue weighted by Gasteiger charge is -2.06. The number of nitrogens with zero attached hydrogens (tertiary/aromatic N) is 4. The van der Waals surface area contributed by atoms with Crippen LogP contribution in [-0.4, -0.2) is 22.3 Å². The summed E-state index contributed by atoms with van der Waals surface area (Å²) in [5.74, 6) is 0. The van der Waals surface area contributed by atoms with Gasteiger partial charge in [0.1, 0.15) is 6.42 Å². The first kappa shape index (κ1) is 15.2. The summed E-state index contributed by atoms with van der Waals surface area (Å²) in [7, 11) is 0. The molecule has 2 aliphatic heterocycles. The lowest BCUT2D eigenvalue weighted by molar-refractivity contribution is -0.450. The third-order valence-electron chi connectivity index (χ3n) is 2.34. The maximum atomic E-state index is 11.2. The number of rotatable bonds is 4. The van der Waals surface area contributed by atoms with E-state index >= 15 is 0 Å². The minimum absolute atomic E-state index is 0.141. The lowest BCUT2D eigenvalue weighted by Crippen LogP contribution is -2.09. The van der Waals surface area contributed by atoms with Crippen LogP contribution in [0.3, 0.4) is 0 Å². The van der Waals surface area contributed by atoms with E-state index in [1.807, 2.05) is 0 Å². The summed E-state index contributed by atoms with van der Waals surface area (Å²) in [5.41, 5.74) is -0.629. The highest BCUT2D eigenvalue weighted by Crippen LogP contribution is 2.32. The first-order valence-electron chi connectivity index (χ1n) is 5.56. The highest BCUT2D eigenvalue weighted by Gasteiger charge is 2.30. The van der Waals surface area contributed by atoms with Crippen molar-refractivity contribution in [3.63, 3.8) is 0 Å². The zero-order valence-electron chi connectivity index (χ0n) is 10.4. The van der Waals surface area contributed by atoms with E-state index in [0.717, 1.165) is 23.5 Å². The van der Waals surface area contributed by atoms with Crippen LogP contribution in [0.25, 0.3) is 0 Å². The van der Waals surface area contributed by atoms with Crippen LogP contribution >= 0.6 is 23.5 Å². The molecule has 0 aromatic heterocycles. The van der Waals surface area contributed by atoms with E-state index in [0.29, 0.717) is 0 Å². The van der Waals surface area contributed by atoms with Crippen molar-refractivity contribution in [1.82, 2.24) is 0 Å². The summed E-state index contributed by atoms with van der Waals surface area (Å²) in [6, 6.07) is 0. The largest absolute Gasteiger partial charge is 0.289 e. The SMILES string of the molecule is O=[N+]([O-])C(CC(=C1N=CC=CS1)[N+](=O)[O-])=C1N=CC=CS1. The Kier molecular flexibility index (Phi) is 5.06. The number of hydrogen-bond donors (Lipinski definition) is 0. The quantitative estimate of drug-likeness (QED) is 0.580. The van der Waals surface area contributed by atoms with Crippen molar-refractivity contribution in [2.45, 2.75) is 6.42 Å². The Hall–Kier alpha value is -2.20. The van der Waals surface area contributed by atoms with E-state index in [4.69, 9.17) is 0 Å². The predicted molar refractivity (Wildman–Crippen MR) is 83.1 cm³/mol. The van der Waals surface area contributed by atoms with Crippen LogP contribution in [-0.2, 0) is 0 Å². The van der Waals surface area contributed by atoms with Gasteiger partial charge in [0, 0.05) is 12.4 Å². The third-order valence-corrected chi connectivity index (χ3v) is 4.06. The minimum atomic E-state index is -0.643. The van der Waals surface area contributed by atoms with Gasteiger partial charge in [-0.15, -0.1) is 0 Å². The van der Waals surface area contributed by atoms with E-state index < -0.39 is 16.3 Å². The van der Waals surface area contributed by atoms with Gasteiger partial charge in [-0.05, 0) is 23.0 Å². The molecule has 2 heterocycles. The molecular formula is C11H8N4O4S2. The molecule has 0 saturated carbocycles. The molecular weight excluding hydrogens is 316 g/mol. The fraction of sp³-hybridized carbons (Fsp3) is 0.0909. The number of hydrogen-bond acceptors (Lipinski definition) is 8. The smallest absolute Gasteiger partial charge is 0.259 e. The van der Waals surface area contributed by atoms with Gasteiger partial charge in [-0.25, -0.2) is 9.98 Å². The molecule has 2 rings (SSSR count). The number of allylic oxidation sites excluding steroid dienone is 2. The van der Waals surface area contributed by atoms with Gasteiger partial charge in [0.25, 0.3) is 11.4 Å². The normalized spacial score (nSPS) is 21.3. The van der Waals surface area contributed by atoms with Crippen LogP contribution in [0.5, 0.6) is 0 Å². The molecule has 108 valence electrons. The van der Waals surface area contributed by atoms with Gasteiger partial charge in [0.15, 0.2) is 10.1 Å². The molecule has 21 heavy (non-hydrogen) atoms. The van der Waals surface area contributed by atoms with Gasteiger partial charge in [0.2, 0.25) is 0 Å². The summed E-state index contributed by atoms with van der Waals surface area (Å²) in [6.07, 6.45) is 5.63. The van der Waals surface area contributed by atoms with Crippen molar-refractivity contribution in [1.29, 1.82) is 0 Å². The van der Waals surface area contributed by atoms with Gasteiger partial charge < -0.3 is 0 Å². The molecule has 0 amide bonds. The average Bonchev–Trinajstić information content (AvgIpc) is 2.49. The number of nitro groups is 2. The molecule has 0 radical (unpaired) electrons. The Balaban J connectivity index is 2.39. The molecule has 0 fully saturated rings. The van der Waals surface area contributed by atoms with Gasteiger partial charge >= 0.3 is 0 Å². The molecule has 0 saturated heterocycles. The molecule has 0 aromatic carbocycles. The molecule has 0 bridgehead atoms. The second-order valence-electron chi connectivity index (χ2n) is 3.64. The van der Waals surface area contributed by atoms with E-state index in [9.17, 15) is 20.2 Å². The molecule has 0 atom stereocenters. The van der Waals surface area contributed by atoms with E-state index in [1.165, 1.54) is 12.4 Å². The Bertz CT molecular complexity index is 605. The highest BCUT2D eigenvalue weighted by atomic mass is 32.2. The van der Waals surface area contributed by atoms with Gasteiger partial charge in [-0.1, -0.05) is 23.5 Å². The molecule has 2 aliphatic rings. The summed E-state index contributed by atoms with van der Waals surface area (Å²) in [4.78, 5) is 28.8. The molecule has 10 heteroatoms. The zero-order valence-corrected chi connectivity index (χ0v) is 12.0. The van der Waals surface area contributed by atoms with Crippen LogP contribution in [0.15, 0.2) is 54.4 Å². The molecule has 0 spiro atoms. The molecule has 0 unspecified atom stereocenters. The van der Waals surface area contributed by atoms with Crippen LogP contribution in [0.1, 0.15) is 6.42 Å². The summed E-state index contributed by atoms with van der Waals surface area (Å²) >= 11 is 2.11. The van der Waals surface area contributed by atoms with Crippen molar-refractivity contribution in [2.75, 3.05) is 0 Å². The molecule has 8 nitrogen and oxygen atoms in total. The van der Waals surface area contributed by atoms with Crippen molar-refractivity contribution in [3.05, 3.63) is 64.6 Å². The predicted octanol–water partition coefficient (Wildman–Crippen LogP) is 2.93. The highest BCUT2D eigenvalue weighted by molar-refractivity contribution is 8.06. The van der Waals surface area contributed by atoms with Crippen LogP contribution in [0.2, 0.25) is 0 Å². The Morgan fingerprint density at radius 3 is 1.67 bits per heavy atom. The van der Waals surface area contributed by atoms with Crippen molar-refractivity contribution < 1.29 is 9.85 Å². The first-order chi connectivity index (χ1) is 10.1. The minimum Gasteiger partial charge on any atom is -0.259 e. The molecule has 0 N–H and O–H groups in total. The maximum absolute atomic E-state index is 11.2. The Morgan fingerprint density at radius 2 is 1.38 bits per heavy atom. The van der Waals surface area contributed by atoms with Gasteiger partial charge in [-0.3, -0.25) is 20.2 Å². The Morgan fingerprint density at radius 1 is 0.952 bits per heavy atom. The summed E-state index contributed by atoms with van der Waals surface area (Å²) < 4.78 is 0. The second kappa shape index (κ2) is 6.99. The van der Waals surface area contributed by atoms with Crippen molar-refractivity contribution in [2.24, 2.45) is 9.98 Å². The summed E-state index contributed by atoms with van der Waals surface area (Å²) in [6.45, 7) is 0. The van der Waals surface area contributed by atoms with Gasteiger partial charge in [0.05, 0.1) is 9.85 Å². The molecule has 0 aliphatic carbocycles. The average molecular weight is 324 g/mol. The first-order valence-corrected chi connectivity index (χ1v) is 7.32. The maximum Gasteiger partial charge on any atom is 0.289 e. The monoisotopic (exact) mass is 324 g/mol. The van der Waals surface area contributed by atoms with E-state index in [2.05, 4.69) is 9.98 Å². The fourth-order valence-corrected chi connectivity index (χ4v) is 2.80. The summed E-state index contributed by atoms with van der Waals surface area (Å²) in [5, 5.41) is 25.9. The second-order valence-corrected chi connectivity index (χ2v) is 5.43. The zero-order chi connectivity index (χ0) is 15.2. The fourth-order valence-electron chi connectivity index (χ4n) is 1.44. The van der Waals surface area contributed by atoms with E-state index in [-0.39, 0.29) is 21.5 Å². The molecule has 0 aromatic rings. The van der Waals surface area contributed by atoms with Crippen LogP contribution in [0.4, 0.5) is 0 Å². The number of aliphatic imine (C=N–C) groups is 2.